The van der Waals surface area contributed by atoms with Crippen LogP contribution in [0.5, 0.6) is 0 Å². The van der Waals surface area contributed by atoms with Gasteiger partial charge in [0.25, 0.3) is 5.69 Å². The number of nitrogens with two attached hydrogens (primary N) is 1. The molecule has 0 atom stereocenters. The molecule has 0 bridgehead atoms. The van der Waals surface area contributed by atoms with Crippen LogP contribution in [0.4, 0.5) is 21.9 Å². The van der Waals surface area contributed by atoms with Crippen molar-refractivity contribution in [2.75, 3.05) is 11.4 Å². The number of nitro benzene ring substituents is 1. The summed E-state index contributed by atoms with van der Waals surface area (Å²) in [7, 11) is 0. The van der Waals surface area contributed by atoms with Gasteiger partial charge in [0.05, 0.1) is 22.0 Å². The predicted molar refractivity (Wildman–Crippen MR) is 116 cm³/mol. The third-order valence-corrected chi connectivity index (χ3v) is 5.68. The van der Waals surface area contributed by atoms with Crippen LogP contribution in [-0.2, 0) is 4.79 Å². The molecule has 2 aromatic carbocycles. The van der Waals surface area contributed by atoms with Gasteiger partial charge < -0.3 is 5.73 Å². The first-order chi connectivity index (χ1) is 15.0. The zero-order chi connectivity index (χ0) is 22.0. The maximum atomic E-state index is 13.5. The van der Waals surface area contributed by atoms with Gasteiger partial charge in [-0.2, -0.15) is 5.10 Å². The summed E-state index contributed by atoms with van der Waals surface area (Å²) in [6, 6.07) is 12.6. The molecule has 160 valence electrons. The monoisotopic (exact) mass is 421 g/mol. The molecule has 2 N–H and O–H groups in total. The number of hydrogen-bond donors (Lipinski definition) is 1. The molecule has 4 rings (SSSR count). The van der Waals surface area contributed by atoms with E-state index in [-0.39, 0.29) is 18.2 Å². The SMILES string of the molecule is NC(=O)CN1N=C(C2CCCCC2)c2ccccc2N(c2ccc([N+](=O)[O-])cc2)C1=O. The molecule has 2 aromatic rings. The number of nitro groups is 1. The lowest BCUT2D eigenvalue weighted by Gasteiger charge is -2.26. The van der Waals surface area contributed by atoms with Crippen LogP contribution in [0.3, 0.4) is 0 Å². The number of benzene rings is 2. The van der Waals surface area contributed by atoms with Gasteiger partial charge in [-0.05, 0) is 31.0 Å². The zero-order valence-corrected chi connectivity index (χ0v) is 16.9. The average Bonchev–Trinajstić information content (AvgIpc) is 2.89. The Kier molecular flexibility index (Phi) is 5.66. The third kappa shape index (κ3) is 4.11. The van der Waals surface area contributed by atoms with Crippen LogP contribution in [-0.4, -0.2) is 34.1 Å². The fraction of sp³-hybridized carbons (Fsp3) is 0.318. The second-order valence-electron chi connectivity index (χ2n) is 7.75. The number of hydrazone groups is 1. The van der Waals surface area contributed by atoms with Crippen LogP contribution in [0.25, 0.3) is 0 Å². The average molecular weight is 421 g/mol. The molecule has 1 fully saturated rings. The molecule has 1 aliphatic heterocycles. The minimum atomic E-state index is -0.672. The van der Waals surface area contributed by atoms with Crippen molar-refractivity contribution in [2.24, 2.45) is 16.8 Å². The van der Waals surface area contributed by atoms with E-state index in [1.165, 1.54) is 35.6 Å². The van der Waals surface area contributed by atoms with Gasteiger partial charge in [0.1, 0.15) is 6.54 Å². The van der Waals surface area contributed by atoms with Crippen LogP contribution >= 0.6 is 0 Å². The van der Waals surface area contributed by atoms with Crippen LogP contribution in [0.15, 0.2) is 53.6 Å². The first kappa shape index (κ1) is 20.5. The van der Waals surface area contributed by atoms with E-state index in [2.05, 4.69) is 5.10 Å². The topological polar surface area (TPSA) is 122 Å². The second kappa shape index (κ2) is 8.55. The fourth-order valence-electron chi connectivity index (χ4n) is 4.23. The molecule has 1 saturated carbocycles. The summed E-state index contributed by atoms with van der Waals surface area (Å²) in [6.45, 7) is -0.355. The summed E-state index contributed by atoms with van der Waals surface area (Å²) in [6.07, 6.45) is 5.26. The van der Waals surface area contributed by atoms with Crippen molar-refractivity contribution in [2.45, 2.75) is 32.1 Å². The lowest BCUT2D eigenvalue weighted by molar-refractivity contribution is -0.384. The number of carbonyl (C=O) groups is 2. The number of fused-ring (bicyclic) bond motifs is 1. The van der Waals surface area contributed by atoms with Crippen molar-refractivity contribution in [1.82, 2.24) is 5.01 Å². The predicted octanol–water partition coefficient (Wildman–Crippen LogP) is 3.94. The minimum absolute atomic E-state index is 0.0764. The molecule has 0 radical (unpaired) electrons. The molecule has 0 aromatic heterocycles. The van der Waals surface area contributed by atoms with Gasteiger partial charge in [-0.3, -0.25) is 19.8 Å². The van der Waals surface area contributed by atoms with E-state index in [0.29, 0.717) is 11.4 Å². The third-order valence-electron chi connectivity index (χ3n) is 5.68. The van der Waals surface area contributed by atoms with Crippen LogP contribution in [0.1, 0.15) is 37.7 Å². The molecule has 3 amide bonds. The number of nitrogens with zero attached hydrogens (tertiary/aromatic N) is 4. The molecular weight excluding hydrogens is 398 g/mol. The smallest absolute Gasteiger partial charge is 0.350 e. The van der Waals surface area contributed by atoms with Crippen molar-refractivity contribution in [3.8, 4) is 0 Å². The van der Waals surface area contributed by atoms with Crippen molar-refractivity contribution < 1.29 is 14.5 Å². The van der Waals surface area contributed by atoms with Crippen LogP contribution in [0.2, 0.25) is 0 Å². The zero-order valence-electron chi connectivity index (χ0n) is 16.9. The standard InChI is InChI=1S/C22H23N5O4/c23-20(28)14-25-22(29)26(16-10-12-17(13-11-16)27(30)31)19-9-5-4-8-18(19)21(24-25)15-6-2-1-3-7-15/h4-5,8-13,15H,1-3,6-7,14H2,(H2,23,28). The Balaban J connectivity index is 1.85. The van der Waals surface area contributed by atoms with E-state index in [0.717, 1.165) is 42.0 Å². The van der Waals surface area contributed by atoms with Gasteiger partial charge in [-0.15, -0.1) is 0 Å². The first-order valence-corrected chi connectivity index (χ1v) is 10.3. The number of hydrogen-bond acceptors (Lipinski definition) is 5. The number of para-hydroxylation sites is 1. The molecule has 0 unspecified atom stereocenters. The van der Waals surface area contributed by atoms with Crippen molar-refractivity contribution in [1.29, 1.82) is 0 Å². The summed E-state index contributed by atoms with van der Waals surface area (Å²) in [4.78, 5) is 37.2. The summed E-state index contributed by atoms with van der Waals surface area (Å²) in [5, 5.41) is 16.8. The largest absolute Gasteiger partial charge is 0.368 e. The summed E-state index contributed by atoms with van der Waals surface area (Å²) < 4.78 is 0. The highest BCUT2D eigenvalue weighted by atomic mass is 16.6. The van der Waals surface area contributed by atoms with E-state index in [9.17, 15) is 19.7 Å². The Morgan fingerprint density at radius 1 is 1.10 bits per heavy atom. The number of non-ortho nitro benzene ring substituents is 1. The van der Waals surface area contributed by atoms with Gasteiger partial charge in [-0.1, -0.05) is 37.5 Å². The number of rotatable bonds is 5. The summed E-state index contributed by atoms with van der Waals surface area (Å²) in [5.41, 5.74) is 7.98. The quantitative estimate of drug-likeness (QED) is 0.580. The van der Waals surface area contributed by atoms with Crippen molar-refractivity contribution in [3.63, 3.8) is 0 Å². The Hall–Kier alpha value is -3.75. The first-order valence-electron chi connectivity index (χ1n) is 10.3. The maximum absolute atomic E-state index is 13.5. The summed E-state index contributed by atoms with van der Waals surface area (Å²) in [5.74, 6) is -0.496. The van der Waals surface area contributed by atoms with E-state index in [1.807, 2.05) is 24.3 Å². The van der Waals surface area contributed by atoms with Crippen molar-refractivity contribution in [3.05, 3.63) is 64.2 Å². The van der Waals surface area contributed by atoms with E-state index >= 15 is 0 Å². The molecule has 9 nitrogen and oxygen atoms in total. The molecule has 2 aliphatic rings. The van der Waals surface area contributed by atoms with E-state index < -0.39 is 16.9 Å². The molecule has 31 heavy (non-hydrogen) atoms. The maximum Gasteiger partial charge on any atom is 0.350 e. The Labute approximate surface area is 179 Å². The number of carbonyl (C=O) groups excluding carboxylic acids is 2. The lowest BCUT2D eigenvalue weighted by atomic mass is 9.83. The number of anilines is 2. The minimum Gasteiger partial charge on any atom is -0.368 e. The number of primary amides is 1. The van der Waals surface area contributed by atoms with Gasteiger partial charge in [-0.25, -0.2) is 9.80 Å². The highest BCUT2D eigenvalue weighted by Crippen LogP contribution is 2.37. The molecule has 9 heteroatoms. The van der Waals surface area contributed by atoms with Crippen molar-refractivity contribution >= 4 is 34.7 Å². The molecule has 0 saturated heterocycles. The number of urea groups is 1. The molecule has 0 spiro atoms. The molecule has 1 heterocycles. The van der Waals surface area contributed by atoms with E-state index in [4.69, 9.17) is 5.73 Å². The van der Waals surface area contributed by atoms with Gasteiger partial charge >= 0.3 is 6.03 Å². The normalized spacial score (nSPS) is 17.0. The highest BCUT2D eigenvalue weighted by Gasteiger charge is 2.34. The van der Waals surface area contributed by atoms with Gasteiger partial charge in [0.15, 0.2) is 0 Å². The fourth-order valence-corrected chi connectivity index (χ4v) is 4.23. The van der Waals surface area contributed by atoms with Gasteiger partial charge in [0.2, 0.25) is 5.91 Å². The van der Waals surface area contributed by atoms with E-state index in [1.54, 1.807) is 0 Å². The molecular formula is C22H23N5O4. The Bertz CT molecular complexity index is 1040. The highest BCUT2D eigenvalue weighted by molar-refractivity contribution is 6.14. The summed E-state index contributed by atoms with van der Waals surface area (Å²) >= 11 is 0. The second-order valence-corrected chi connectivity index (χ2v) is 7.75. The van der Waals surface area contributed by atoms with Crippen LogP contribution in [0, 0.1) is 16.0 Å². The Morgan fingerprint density at radius 2 is 1.77 bits per heavy atom. The Morgan fingerprint density at radius 3 is 2.42 bits per heavy atom. The number of amides is 3. The van der Waals surface area contributed by atoms with Gasteiger partial charge in [0, 0.05) is 23.6 Å². The van der Waals surface area contributed by atoms with Crippen LogP contribution < -0.4 is 10.6 Å². The lowest BCUT2D eigenvalue weighted by Crippen LogP contribution is -2.41. The molecule has 1 aliphatic carbocycles.